The van der Waals surface area contributed by atoms with Crippen LogP contribution in [-0.4, -0.2) is 18.6 Å². The third kappa shape index (κ3) is 5.75. The van der Waals surface area contributed by atoms with Gasteiger partial charge in [-0.3, -0.25) is 4.79 Å². The van der Waals surface area contributed by atoms with Crippen molar-refractivity contribution in [3.8, 4) is 17.9 Å². The molecule has 0 aliphatic carbocycles. The Kier molecular flexibility index (Phi) is 6.94. The molecule has 8 heteroatoms. The van der Waals surface area contributed by atoms with Crippen LogP contribution in [0.5, 0.6) is 5.75 Å². The molecular weight excluding hydrogens is 401 g/mol. The first-order valence-electron chi connectivity index (χ1n) is 8.44. The molecule has 0 amide bonds. The largest absolute Gasteiger partial charge is 0.491 e. The van der Waals surface area contributed by atoms with E-state index in [1.54, 1.807) is 30.3 Å². The van der Waals surface area contributed by atoms with Gasteiger partial charge in [-0.2, -0.15) is 23.7 Å². The lowest BCUT2D eigenvalue weighted by Gasteiger charge is -2.23. The van der Waals surface area contributed by atoms with E-state index in [0.29, 0.717) is 5.56 Å². The van der Waals surface area contributed by atoms with Gasteiger partial charge in [0.05, 0.1) is 28.7 Å². The number of nitrogens with zero attached hydrogens (tertiary/aromatic N) is 2. The molecular formula is C21H17F3N2O2S. The molecule has 4 nitrogen and oxygen atoms in total. The van der Waals surface area contributed by atoms with Crippen LogP contribution in [0.4, 0.5) is 13.2 Å². The highest BCUT2D eigenvalue weighted by Crippen LogP contribution is 2.37. The molecule has 1 atom stereocenters. The number of nitriles is 2. The Morgan fingerprint density at radius 1 is 1.14 bits per heavy atom. The zero-order valence-corrected chi connectivity index (χ0v) is 16.5. The quantitative estimate of drug-likeness (QED) is 0.440. The number of hydrogen-bond donors (Lipinski definition) is 0. The first-order valence-corrected chi connectivity index (χ1v) is 9.67. The Labute approximate surface area is 170 Å². The fourth-order valence-electron chi connectivity index (χ4n) is 2.54. The van der Waals surface area contributed by atoms with E-state index in [2.05, 4.69) is 0 Å². The van der Waals surface area contributed by atoms with Gasteiger partial charge in [0, 0.05) is 16.9 Å². The number of benzene rings is 2. The van der Waals surface area contributed by atoms with Crippen molar-refractivity contribution in [3.05, 3.63) is 59.2 Å². The first kappa shape index (κ1) is 22.3. The van der Waals surface area contributed by atoms with Gasteiger partial charge in [0.1, 0.15) is 12.4 Å². The standard InChI is InChI=1S/C21H17F3N2O2S/c1-20(12-26,10-18(27)15-4-6-16(29-2)7-5-15)13-28-19-9-14(11-25)3-8-17(19)21(22,23)24/h3-9H,10,13H2,1-2H3/t20-/m1/s1. The summed E-state index contributed by atoms with van der Waals surface area (Å²) in [6.45, 7) is 1.01. The smallest absolute Gasteiger partial charge is 0.419 e. The Bertz CT molecular complexity index is 975. The lowest BCUT2D eigenvalue weighted by Crippen LogP contribution is -2.27. The zero-order chi connectivity index (χ0) is 21.7. The maximum absolute atomic E-state index is 13.2. The SMILES string of the molecule is CSc1ccc(C(=O)C[C@](C)(C#N)COc2cc(C#N)ccc2C(F)(F)F)cc1. The van der Waals surface area contributed by atoms with Crippen molar-refractivity contribution in [2.24, 2.45) is 5.41 Å². The van der Waals surface area contributed by atoms with E-state index in [4.69, 9.17) is 10.00 Å². The molecule has 0 aliphatic heterocycles. The number of ketones is 1. The van der Waals surface area contributed by atoms with Gasteiger partial charge in [0.2, 0.25) is 0 Å². The van der Waals surface area contributed by atoms with Gasteiger partial charge in [-0.15, -0.1) is 11.8 Å². The summed E-state index contributed by atoms with van der Waals surface area (Å²) in [6.07, 6.45) is -3.00. The number of Topliss-reactive ketones (excluding diaryl/α,β-unsaturated/α-hetero) is 1. The molecule has 0 bridgehead atoms. The summed E-state index contributed by atoms with van der Waals surface area (Å²) < 4.78 is 44.9. The molecule has 150 valence electrons. The zero-order valence-electron chi connectivity index (χ0n) is 15.7. The molecule has 0 saturated heterocycles. The average Bonchev–Trinajstić information content (AvgIpc) is 2.71. The fraction of sp³-hybridized carbons (Fsp3) is 0.286. The van der Waals surface area contributed by atoms with Crippen molar-refractivity contribution < 1.29 is 22.7 Å². The van der Waals surface area contributed by atoms with Crippen LogP contribution in [0.25, 0.3) is 0 Å². The summed E-state index contributed by atoms with van der Waals surface area (Å²) >= 11 is 1.52. The van der Waals surface area contributed by atoms with Crippen LogP contribution >= 0.6 is 11.8 Å². The number of ether oxygens (including phenoxy) is 1. The average molecular weight is 418 g/mol. The van der Waals surface area contributed by atoms with Gasteiger partial charge in [-0.1, -0.05) is 12.1 Å². The number of carbonyl (C=O) groups is 1. The van der Waals surface area contributed by atoms with Gasteiger partial charge in [0.25, 0.3) is 0 Å². The normalized spacial score (nSPS) is 13.1. The second kappa shape index (κ2) is 9.02. The molecule has 0 spiro atoms. The minimum absolute atomic E-state index is 0.00313. The summed E-state index contributed by atoms with van der Waals surface area (Å²) in [7, 11) is 0. The number of alkyl halides is 3. The number of hydrogen-bond acceptors (Lipinski definition) is 5. The summed E-state index contributed by atoms with van der Waals surface area (Å²) in [5.74, 6) is -0.859. The van der Waals surface area contributed by atoms with Crippen LogP contribution in [0.15, 0.2) is 47.4 Å². The van der Waals surface area contributed by atoms with Gasteiger partial charge in [-0.05, 0) is 43.5 Å². The Morgan fingerprint density at radius 2 is 1.79 bits per heavy atom. The molecule has 2 rings (SSSR count). The fourth-order valence-corrected chi connectivity index (χ4v) is 2.95. The van der Waals surface area contributed by atoms with Crippen molar-refractivity contribution in [1.29, 1.82) is 10.5 Å². The van der Waals surface area contributed by atoms with Crippen molar-refractivity contribution in [1.82, 2.24) is 0 Å². The van der Waals surface area contributed by atoms with Crippen LogP contribution in [0.2, 0.25) is 0 Å². The van der Waals surface area contributed by atoms with E-state index in [0.717, 1.165) is 23.1 Å². The first-order chi connectivity index (χ1) is 13.6. The molecule has 0 aromatic heterocycles. The maximum Gasteiger partial charge on any atom is 0.419 e. The summed E-state index contributed by atoms with van der Waals surface area (Å²) in [4.78, 5) is 13.5. The molecule has 0 aliphatic rings. The molecule has 2 aromatic carbocycles. The molecule has 0 N–H and O–H groups in total. The Morgan fingerprint density at radius 3 is 2.31 bits per heavy atom. The second-order valence-corrected chi connectivity index (χ2v) is 7.49. The van der Waals surface area contributed by atoms with E-state index < -0.39 is 29.5 Å². The Hall–Kier alpha value is -2.97. The van der Waals surface area contributed by atoms with Crippen molar-refractivity contribution >= 4 is 17.5 Å². The van der Waals surface area contributed by atoms with E-state index in [-0.39, 0.29) is 17.8 Å². The topological polar surface area (TPSA) is 73.9 Å². The van der Waals surface area contributed by atoms with E-state index in [1.165, 1.54) is 18.7 Å². The van der Waals surface area contributed by atoms with Crippen LogP contribution in [0, 0.1) is 28.1 Å². The minimum Gasteiger partial charge on any atom is -0.491 e. The predicted octanol–water partition coefficient (Wildman–Crippen LogP) is 5.48. The van der Waals surface area contributed by atoms with Crippen LogP contribution < -0.4 is 4.74 Å². The van der Waals surface area contributed by atoms with Gasteiger partial charge in [-0.25, -0.2) is 0 Å². The van der Waals surface area contributed by atoms with Crippen molar-refractivity contribution in [3.63, 3.8) is 0 Å². The lowest BCUT2D eigenvalue weighted by atomic mass is 9.85. The van der Waals surface area contributed by atoms with Crippen LogP contribution in [0.3, 0.4) is 0 Å². The highest BCUT2D eigenvalue weighted by molar-refractivity contribution is 7.98. The summed E-state index contributed by atoms with van der Waals surface area (Å²) in [5, 5.41) is 18.4. The highest BCUT2D eigenvalue weighted by Gasteiger charge is 2.36. The molecule has 0 heterocycles. The minimum atomic E-state index is -4.68. The predicted molar refractivity (Wildman–Crippen MR) is 103 cm³/mol. The van der Waals surface area contributed by atoms with E-state index in [9.17, 15) is 23.2 Å². The number of carbonyl (C=O) groups excluding carboxylic acids is 1. The summed E-state index contributed by atoms with van der Waals surface area (Å²) in [6, 6.07) is 13.3. The van der Waals surface area contributed by atoms with Crippen molar-refractivity contribution in [2.45, 2.75) is 24.4 Å². The molecule has 0 saturated carbocycles. The van der Waals surface area contributed by atoms with Crippen LogP contribution in [0.1, 0.15) is 34.8 Å². The van der Waals surface area contributed by atoms with E-state index >= 15 is 0 Å². The molecule has 2 aromatic rings. The summed E-state index contributed by atoms with van der Waals surface area (Å²) in [5.41, 5.74) is -1.99. The monoisotopic (exact) mass is 418 g/mol. The molecule has 29 heavy (non-hydrogen) atoms. The number of rotatable bonds is 7. The van der Waals surface area contributed by atoms with Gasteiger partial charge in [0.15, 0.2) is 5.78 Å². The number of halogens is 3. The van der Waals surface area contributed by atoms with E-state index in [1.807, 2.05) is 12.3 Å². The maximum atomic E-state index is 13.2. The van der Waals surface area contributed by atoms with Gasteiger partial charge >= 0.3 is 6.18 Å². The van der Waals surface area contributed by atoms with Crippen LogP contribution in [-0.2, 0) is 6.18 Å². The third-order valence-corrected chi connectivity index (χ3v) is 4.94. The molecule has 0 radical (unpaired) electrons. The molecule has 0 fully saturated rings. The van der Waals surface area contributed by atoms with Gasteiger partial charge < -0.3 is 4.74 Å². The molecule has 0 unspecified atom stereocenters. The number of thioether (sulfide) groups is 1. The van der Waals surface area contributed by atoms with Crippen molar-refractivity contribution in [2.75, 3.05) is 12.9 Å². The lowest BCUT2D eigenvalue weighted by molar-refractivity contribution is -0.139. The highest BCUT2D eigenvalue weighted by atomic mass is 32.2. The Balaban J connectivity index is 2.19. The third-order valence-electron chi connectivity index (χ3n) is 4.19. The second-order valence-electron chi connectivity index (χ2n) is 6.61.